The maximum atomic E-state index is 7.65. The summed E-state index contributed by atoms with van der Waals surface area (Å²) in [7, 11) is 0. The van der Waals surface area contributed by atoms with E-state index in [1.54, 1.807) is 0 Å². The first kappa shape index (κ1) is 25.5. The number of benzene rings is 8. The molecule has 2 aliphatic rings. The van der Waals surface area contributed by atoms with Crippen molar-refractivity contribution in [3.8, 4) is 33.8 Å². The van der Waals surface area contributed by atoms with Gasteiger partial charge in [-0.3, -0.25) is 0 Å². The lowest BCUT2D eigenvalue weighted by Gasteiger charge is -2.38. The number of aromatic nitrogens is 2. The Balaban J connectivity index is 1.34. The number of fused-ring (bicyclic) bond motifs is 8. The third-order valence-electron chi connectivity index (χ3n) is 10.6. The van der Waals surface area contributed by atoms with Crippen LogP contribution in [-0.2, 0) is 0 Å². The number of rotatable bonds is 2. The van der Waals surface area contributed by atoms with Gasteiger partial charge in [0.15, 0.2) is 0 Å². The lowest BCUT2D eigenvalue weighted by molar-refractivity contribution is -0.343. The predicted octanol–water partition coefficient (Wildman–Crippen LogP) is 11.1. The van der Waals surface area contributed by atoms with E-state index in [1.807, 2.05) is 0 Å². The molecular weight excluding hydrogens is 603 g/mol. The number of hydrogen-bond acceptors (Lipinski definition) is 2. The molecule has 0 bridgehead atoms. The SMILES string of the molecule is c1ccc(-c2ccc3ccc4c5ccccc5n5c4c3c2O[N+]52Oc3c(-c4ccccc4)ccc4ccc5c6ccccc6n2c5c34)cc1. The fraction of sp³-hybridized carbons (Fsp3) is 0. The van der Waals surface area contributed by atoms with E-state index in [0.717, 1.165) is 98.9 Å². The average molecular weight is 629 g/mol. The van der Waals surface area contributed by atoms with Crippen LogP contribution in [0.5, 0.6) is 11.5 Å². The van der Waals surface area contributed by atoms with Crippen molar-refractivity contribution in [1.82, 2.24) is 14.4 Å². The molecule has 0 fully saturated rings. The average Bonchev–Trinajstić information content (AvgIpc) is 3.70. The lowest BCUT2D eigenvalue weighted by atomic mass is 9.97. The molecule has 0 atom stereocenters. The predicted molar refractivity (Wildman–Crippen MR) is 199 cm³/mol. The van der Waals surface area contributed by atoms with Crippen LogP contribution >= 0.6 is 0 Å². The van der Waals surface area contributed by atoms with Gasteiger partial charge in [-0.2, -0.15) is 0 Å². The van der Waals surface area contributed by atoms with Crippen LogP contribution in [0.25, 0.3) is 87.4 Å². The Labute approximate surface area is 280 Å². The standard InChI is InChI=1S/C44H26N3O2/c1-3-11-27(12-4-1)31-23-19-29-21-25-35-33-15-7-9-17-37(33)45-41(35)39(29)43(31)48-47(45)46-38-18-10-8-16-34(38)36-26-22-30-20-24-32(28-13-5-2-6-14-28)44(49-47)40(30)42(36)46/h1-26H/q+1. The summed E-state index contributed by atoms with van der Waals surface area (Å²) in [6.07, 6.45) is 0. The van der Waals surface area contributed by atoms with Crippen molar-refractivity contribution < 1.29 is 9.68 Å². The maximum Gasteiger partial charge on any atom is 0.250 e. The van der Waals surface area contributed by atoms with E-state index >= 15 is 0 Å². The van der Waals surface area contributed by atoms with Crippen LogP contribution in [0.4, 0.5) is 0 Å². The minimum atomic E-state index is -0.389. The van der Waals surface area contributed by atoms with Gasteiger partial charge in [0.25, 0.3) is 5.03 Å². The van der Waals surface area contributed by atoms with Crippen LogP contribution in [0.3, 0.4) is 0 Å². The van der Waals surface area contributed by atoms with Gasteiger partial charge < -0.3 is 0 Å². The first-order chi connectivity index (χ1) is 24.3. The van der Waals surface area contributed by atoms with Crippen molar-refractivity contribution in [2.45, 2.75) is 0 Å². The van der Waals surface area contributed by atoms with Gasteiger partial charge in [-0.15, -0.1) is 0 Å². The summed E-state index contributed by atoms with van der Waals surface area (Å²) >= 11 is 0. The molecule has 0 aliphatic carbocycles. The molecule has 10 aromatic rings. The second-order valence-electron chi connectivity index (χ2n) is 13.1. The number of para-hydroxylation sites is 2. The molecule has 228 valence electrons. The Morgan fingerprint density at radius 1 is 0.367 bits per heavy atom. The summed E-state index contributed by atoms with van der Waals surface area (Å²) < 4.78 is 4.54. The zero-order chi connectivity index (χ0) is 31.8. The molecule has 1 spiro atoms. The monoisotopic (exact) mass is 628 g/mol. The van der Waals surface area contributed by atoms with Crippen molar-refractivity contribution in [2.24, 2.45) is 0 Å². The van der Waals surface area contributed by atoms with Gasteiger partial charge in [0.2, 0.25) is 11.5 Å². The molecule has 4 heterocycles. The highest BCUT2D eigenvalue weighted by molar-refractivity contribution is 6.23. The molecule has 0 unspecified atom stereocenters. The summed E-state index contributed by atoms with van der Waals surface area (Å²) in [6.45, 7) is 0. The Kier molecular flexibility index (Phi) is 4.62. The van der Waals surface area contributed by atoms with Crippen molar-refractivity contribution in [2.75, 3.05) is 0 Å². The van der Waals surface area contributed by atoms with Gasteiger partial charge in [-0.05, 0) is 46.2 Å². The molecule has 2 aliphatic heterocycles. The smallest absolute Gasteiger partial charge is 0.212 e. The van der Waals surface area contributed by atoms with Gasteiger partial charge in [-0.25, -0.2) is 9.68 Å². The fourth-order valence-electron chi connectivity index (χ4n) is 8.54. The van der Waals surface area contributed by atoms with Gasteiger partial charge in [-0.1, -0.05) is 143 Å². The zero-order valence-corrected chi connectivity index (χ0v) is 26.2. The minimum Gasteiger partial charge on any atom is -0.212 e. The molecule has 5 nitrogen and oxygen atoms in total. The fourth-order valence-corrected chi connectivity index (χ4v) is 8.54. The Morgan fingerprint density at radius 3 is 1.24 bits per heavy atom. The highest BCUT2D eigenvalue weighted by Gasteiger charge is 2.53. The Hall–Kier alpha value is -6.56. The second-order valence-corrected chi connectivity index (χ2v) is 13.1. The molecule has 2 aromatic heterocycles. The molecule has 49 heavy (non-hydrogen) atoms. The van der Waals surface area contributed by atoms with Gasteiger partial charge >= 0.3 is 0 Å². The lowest BCUT2D eigenvalue weighted by Crippen LogP contribution is -2.68. The van der Waals surface area contributed by atoms with E-state index in [4.69, 9.17) is 9.68 Å². The van der Waals surface area contributed by atoms with E-state index in [-0.39, 0.29) is 5.03 Å². The maximum absolute atomic E-state index is 7.65. The quantitative estimate of drug-likeness (QED) is 0.178. The van der Waals surface area contributed by atoms with Crippen molar-refractivity contribution >= 4 is 65.2 Å². The van der Waals surface area contributed by atoms with Crippen LogP contribution in [0.2, 0.25) is 0 Å². The van der Waals surface area contributed by atoms with Gasteiger partial charge in [0, 0.05) is 32.7 Å². The second kappa shape index (κ2) is 8.86. The van der Waals surface area contributed by atoms with Crippen LogP contribution < -0.4 is 14.7 Å². The molecule has 0 saturated carbocycles. The molecule has 0 N–H and O–H groups in total. The third-order valence-corrected chi connectivity index (χ3v) is 10.6. The van der Waals surface area contributed by atoms with E-state index in [2.05, 4.69) is 167 Å². The molecule has 12 rings (SSSR count). The van der Waals surface area contributed by atoms with E-state index in [1.165, 1.54) is 0 Å². The number of hydrogen-bond donors (Lipinski definition) is 0. The molecule has 0 saturated heterocycles. The van der Waals surface area contributed by atoms with E-state index in [9.17, 15) is 0 Å². The number of quaternary nitrogens is 1. The Bertz CT molecular complexity index is 2840. The van der Waals surface area contributed by atoms with Crippen LogP contribution in [0.1, 0.15) is 0 Å². The summed E-state index contributed by atoms with van der Waals surface area (Å²) in [5, 5.41) is 8.63. The molecule has 0 radical (unpaired) electrons. The first-order valence-corrected chi connectivity index (χ1v) is 16.7. The first-order valence-electron chi connectivity index (χ1n) is 16.7. The van der Waals surface area contributed by atoms with Crippen molar-refractivity contribution in [3.63, 3.8) is 0 Å². The molecule has 0 amide bonds. The normalized spacial score (nSPS) is 14.2. The molecule has 5 heteroatoms. The van der Waals surface area contributed by atoms with Crippen molar-refractivity contribution in [1.29, 1.82) is 0 Å². The largest absolute Gasteiger partial charge is 0.250 e. The van der Waals surface area contributed by atoms with E-state index < -0.39 is 0 Å². The highest BCUT2D eigenvalue weighted by atomic mass is 17.1. The van der Waals surface area contributed by atoms with E-state index in [0.29, 0.717) is 0 Å². The molecule has 8 aromatic carbocycles. The summed E-state index contributed by atoms with van der Waals surface area (Å²) in [6, 6.07) is 56.0. The molecular formula is C44H26N3O2+. The van der Waals surface area contributed by atoms with Crippen LogP contribution in [-0.4, -0.2) is 9.35 Å². The van der Waals surface area contributed by atoms with Crippen molar-refractivity contribution in [3.05, 3.63) is 158 Å². The zero-order valence-electron chi connectivity index (χ0n) is 26.2. The summed E-state index contributed by atoms with van der Waals surface area (Å²) in [5.41, 5.74) is 8.43. The van der Waals surface area contributed by atoms with Crippen LogP contribution in [0, 0.1) is 0 Å². The summed E-state index contributed by atoms with van der Waals surface area (Å²) in [5.74, 6) is 1.59. The third kappa shape index (κ3) is 3.05. The minimum absolute atomic E-state index is 0.389. The number of nitrogens with zero attached hydrogens (tertiary/aromatic N) is 3. The Morgan fingerprint density at radius 2 is 0.776 bits per heavy atom. The topological polar surface area (TPSA) is 28.3 Å². The summed E-state index contributed by atoms with van der Waals surface area (Å²) in [4.78, 5) is 15.3. The van der Waals surface area contributed by atoms with Gasteiger partial charge in [0.05, 0.1) is 10.8 Å². The van der Waals surface area contributed by atoms with Gasteiger partial charge in [0.1, 0.15) is 22.1 Å². The highest BCUT2D eigenvalue weighted by Crippen LogP contribution is 2.53. The van der Waals surface area contributed by atoms with Crippen LogP contribution in [0.15, 0.2) is 158 Å².